The quantitative estimate of drug-likeness (QED) is 0.110. The first-order chi connectivity index (χ1) is 26.5. The van der Waals surface area contributed by atoms with E-state index in [1.165, 1.54) is 64.2 Å². The normalized spacial score (nSPS) is 11.9. The minimum absolute atomic E-state index is 0.275. The fourth-order valence-corrected chi connectivity index (χ4v) is 8.89. The summed E-state index contributed by atoms with van der Waals surface area (Å²) in [5.41, 5.74) is 16.5. The van der Waals surface area contributed by atoms with Crippen LogP contribution in [0.25, 0.3) is 64.4 Å². The molecule has 0 aliphatic carbocycles. The van der Waals surface area contributed by atoms with Gasteiger partial charge in [0.2, 0.25) is 0 Å². The number of hydrogen-bond donors (Lipinski definition) is 0. The predicted octanol–water partition coefficient (Wildman–Crippen LogP) is 14.1. The van der Waals surface area contributed by atoms with Crippen molar-refractivity contribution in [1.29, 1.82) is 0 Å². The Labute approximate surface area is 320 Å². The van der Waals surface area contributed by atoms with E-state index in [-0.39, 0.29) is 5.92 Å². The van der Waals surface area contributed by atoms with Crippen LogP contribution in [-0.4, -0.2) is 10.3 Å². The van der Waals surface area contributed by atoms with Crippen LogP contribution in [0, 0.1) is 5.92 Å². The molecule has 2 aromatic heterocycles. The van der Waals surface area contributed by atoms with E-state index in [0.29, 0.717) is 6.54 Å². The van der Waals surface area contributed by atoms with Gasteiger partial charge >= 0.3 is 0 Å². The van der Waals surface area contributed by atoms with Crippen LogP contribution in [-0.2, 0) is 6.54 Å². The van der Waals surface area contributed by atoms with Crippen LogP contribution in [0.15, 0.2) is 186 Å². The summed E-state index contributed by atoms with van der Waals surface area (Å²) in [6, 6.07) is 61.2. The number of rotatable bonds is 8. The van der Waals surface area contributed by atoms with Crippen molar-refractivity contribution in [1.82, 2.24) is 4.57 Å². The van der Waals surface area contributed by atoms with E-state index >= 15 is 0 Å². The molecule has 9 rings (SSSR count). The van der Waals surface area contributed by atoms with Gasteiger partial charge in [-0.3, -0.25) is 4.99 Å². The first kappa shape index (κ1) is 33.6. The molecule has 9 aromatic rings. The summed E-state index contributed by atoms with van der Waals surface area (Å²) in [4.78, 5) is 5.43. The smallest absolute Gasteiger partial charge is 0.0757 e. The Bertz CT molecular complexity index is 2860. The monoisotopic (exact) mass is 712 g/mol. The van der Waals surface area contributed by atoms with Gasteiger partial charge in [0.25, 0.3) is 0 Å². The Kier molecular flexibility index (Phi) is 8.89. The van der Waals surface area contributed by atoms with Crippen LogP contribution < -0.4 is 0 Å². The molecule has 0 unspecified atom stereocenters. The van der Waals surface area contributed by atoms with Crippen LogP contribution in [0.1, 0.15) is 37.5 Å². The SMILES string of the molecule is CC(=C=C(c1ccc(-c2ccccc2)cc1)C(C)C)/C(=N\Cc1cccc(-n2c3ccccc3c3ccccc32)c1)c1ccc2c(c1)sc1ccccc12. The van der Waals surface area contributed by atoms with Crippen molar-refractivity contribution in [3.05, 3.63) is 198 Å². The lowest BCUT2D eigenvalue weighted by Crippen LogP contribution is -2.04. The van der Waals surface area contributed by atoms with Gasteiger partial charge in [-0.1, -0.05) is 147 Å². The number of aliphatic imine (C=N–C) groups is 1. The average molecular weight is 713 g/mol. The Hall–Kier alpha value is -6.25. The van der Waals surface area contributed by atoms with Gasteiger partial charge in [-0.15, -0.1) is 17.1 Å². The fourth-order valence-electron chi connectivity index (χ4n) is 7.75. The zero-order valence-corrected chi connectivity index (χ0v) is 31.6. The third kappa shape index (κ3) is 6.28. The van der Waals surface area contributed by atoms with Gasteiger partial charge in [0.05, 0.1) is 23.3 Å². The molecule has 54 heavy (non-hydrogen) atoms. The molecule has 0 aliphatic heterocycles. The summed E-state index contributed by atoms with van der Waals surface area (Å²) in [6.45, 7) is 7.22. The van der Waals surface area contributed by atoms with Gasteiger partial charge in [0.1, 0.15) is 0 Å². The molecule has 0 fully saturated rings. The van der Waals surface area contributed by atoms with E-state index < -0.39 is 0 Å². The van der Waals surface area contributed by atoms with Crippen molar-refractivity contribution in [2.75, 3.05) is 0 Å². The van der Waals surface area contributed by atoms with Gasteiger partial charge in [0.15, 0.2) is 0 Å². The van der Waals surface area contributed by atoms with E-state index in [1.807, 2.05) is 11.3 Å². The molecule has 0 saturated heterocycles. The van der Waals surface area contributed by atoms with Crippen molar-refractivity contribution in [3.63, 3.8) is 0 Å². The third-order valence-electron chi connectivity index (χ3n) is 10.4. The molecule has 0 amide bonds. The van der Waals surface area contributed by atoms with Crippen LogP contribution in [0.5, 0.6) is 0 Å². The standard InChI is InChI=1S/C51H40N2S/c1-34(2)46(39-26-24-38(25-27-39)37-15-5-4-6-16-37)30-35(3)51(40-28-29-45-44-20-9-12-23-49(44)54-50(45)32-40)52-33-36-14-13-17-41(31-36)53-47-21-10-7-18-42(47)43-19-8-11-22-48(43)53/h4-29,31-32,34H,33H2,1-3H3/b52-51+. The average Bonchev–Trinajstić information content (AvgIpc) is 3.76. The molecule has 3 heteroatoms. The number of para-hydroxylation sites is 2. The second-order valence-electron chi connectivity index (χ2n) is 14.3. The molecule has 0 N–H and O–H groups in total. The molecule has 260 valence electrons. The molecule has 2 nitrogen and oxygen atoms in total. The van der Waals surface area contributed by atoms with Crippen LogP contribution in [0.4, 0.5) is 0 Å². The molecule has 0 atom stereocenters. The van der Waals surface area contributed by atoms with Gasteiger partial charge in [0, 0.05) is 53.3 Å². The number of fused-ring (bicyclic) bond motifs is 6. The van der Waals surface area contributed by atoms with Gasteiger partial charge in [-0.05, 0) is 71.5 Å². The number of nitrogens with zero attached hydrogens (tertiary/aromatic N) is 2. The van der Waals surface area contributed by atoms with Crippen molar-refractivity contribution >= 4 is 64.6 Å². The molecule has 0 bridgehead atoms. The van der Waals surface area contributed by atoms with Crippen molar-refractivity contribution < 1.29 is 0 Å². The van der Waals surface area contributed by atoms with Crippen molar-refractivity contribution in [3.8, 4) is 16.8 Å². The lowest BCUT2D eigenvalue weighted by molar-refractivity contribution is 0.856. The summed E-state index contributed by atoms with van der Waals surface area (Å²) < 4.78 is 4.95. The minimum atomic E-state index is 0.275. The molecule has 0 spiro atoms. The van der Waals surface area contributed by atoms with E-state index in [1.54, 1.807) is 0 Å². The highest BCUT2D eigenvalue weighted by Gasteiger charge is 2.15. The summed E-state index contributed by atoms with van der Waals surface area (Å²) in [5.74, 6) is 0.275. The molecule has 7 aromatic carbocycles. The van der Waals surface area contributed by atoms with E-state index in [9.17, 15) is 0 Å². The van der Waals surface area contributed by atoms with Gasteiger partial charge in [-0.25, -0.2) is 0 Å². The number of aromatic nitrogens is 1. The fraction of sp³-hybridized carbons (Fsp3) is 0.0980. The molecule has 0 aliphatic rings. The zero-order chi connectivity index (χ0) is 36.6. The summed E-state index contributed by atoms with van der Waals surface area (Å²) in [6.07, 6.45) is 0. The maximum Gasteiger partial charge on any atom is 0.0757 e. The zero-order valence-electron chi connectivity index (χ0n) is 30.8. The van der Waals surface area contributed by atoms with Crippen molar-refractivity contribution in [2.45, 2.75) is 27.3 Å². The van der Waals surface area contributed by atoms with Crippen LogP contribution >= 0.6 is 11.3 Å². The number of hydrogen-bond acceptors (Lipinski definition) is 2. The third-order valence-corrected chi connectivity index (χ3v) is 11.5. The van der Waals surface area contributed by atoms with E-state index in [4.69, 9.17) is 4.99 Å². The highest BCUT2D eigenvalue weighted by atomic mass is 32.1. The highest BCUT2D eigenvalue weighted by molar-refractivity contribution is 7.25. The summed E-state index contributed by atoms with van der Waals surface area (Å²) in [5, 5.41) is 5.12. The maximum absolute atomic E-state index is 5.43. The van der Waals surface area contributed by atoms with Gasteiger partial charge < -0.3 is 4.57 Å². The Balaban J connectivity index is 1.15. The lowest BCUT2D eigenvalue weighted by atomic mass is 9.92. The summed E-state index contributed by atoms with van der Waals surface area (Å²) in [7, 11) is 0. The number of allylic oxidation sites excluding steroid dienone is 1. The topological polar surface area (TPSA) is 17.3 Å². The molecule has 0 radical (unpaired) electrons. The molecule has 0 saturated carbocycles. The Morgan fingerprint density at radius 1 is 0.574 bits per heavy atom. The highest BCUT2D eigenvalue weighted by Crippen LogP contribution is 2.36. The van der Waals surface area contributed by atoms with E-state index in [2.05, 4.69) is 201 Å². The predicted molar refractivity (Wildman–Crippen MR) is 233 cm³/mol. The minimum Gasteiger partial charge on any atom is -0.309 e. The molecular weight excluding hydrogens is 673 g/mol. The number of benzene rings is 7. The second kappa shape index (κ2) is 14.3. The molecule has 2 heterocycles. The number of thiophene rings is 1. The van der Waals surface area contributed by atoms with Crippen LogP contribution in [0.2, 0.25) is 0 Å². The second-order valence-corrected chi connectivity index (χ2v) is 15.4. The Morgan fingerprint density at radius 2 is 1.19 bits per heavy atom. The van der Waals surface area contributed by atoms with Crippen molar-refractivity contribution in [2.24, 2.45) is 10.9 Å². The first-order valence-electron chi connectivity index (χ1n) is 18.7. The van der Waals surface area contributed by atoms with Gasteiger partial charge in [-0.2, -0.15) is 0 Å². The summed E-state index contributed by atoms with van der Waals surface area (Å²) >= 11 is 1.84. The largest absolute Gasteiger partial charge is 0.309 e. The van der Waals surface area contributed by atoms with Crippen LogP contribution in [0.3, 0.4) is 0 Å². The molecular formula is C51H40N2S. The first-order valence-corrected chi connectivity index (χ1v) is 19.5. The maximum atomic E-state index is 5.43. The lowest BCUT2D eigenvalue weighted by Gasteiger charge is -2.13. The Morgan fingerprint density at radius 3 is 1.91 bits per heavy atom. The van der Waals surface area contributed by atoms with E-state index in [0.717, 1.165) is 28.1 Å².